The smallest absolute Gasteiger partial charge is 0.254 e. The normalized spacial score (nSPS) is 20.4. The third kappa shape index (κ3) is 3.34. The number of carbonyl (C=O) groups is 1. The molecule has 1 aliphatic heterocycles. The minimum absolute atomic E-state index is 0.362. The van der Waals surface area contributed by atoms with Gasteiger partial charge in [-0.3, -0.25) is 4.79 Å². The van der Waals surface area contributed by atoms with Crippen LogP contribution in [-0.4, -0.2) is 30.5 Å². The summed E-state index contributed by atoms with van der Waals surface area (Å²) in [5.74, 6) is 0.366. The van der Waals surface area contributed by atoms with Crippen molar-refractivity contribution >= 4 is 35.1 Å². The number of ether oxygens (including phenoxy) is 1. The van der Waals surface area contributed by atoms with Crippen LogP contribution in [0.25, 0.3) is 0 Å². The van der Waals surface area contributed by atoms with Crippen molar-refractivity contribution in [2.75, 3.05) is 18.7 Å². The Balaban J connectivity index is 1.99. The molecule has 1 amide bonds. The van der Waals surface area contributed by atoms with Crippen molar-refractivity contribution < 1.29 is 14.6 Å². The predicted molar refractivity (Wildman–Crippen MR) is 94.5 cm³/mol. The van der Waals surface area contributed by atoms with E-state index in [1.807, 2.05) is 48.7 Å². The first-order valence-electron chi connectivity index (χ1n) is 7.10. The Morgan fingerprint density at radius 1 is 1.22 bits per heavy atom. The van der Waals surface area contributed by atoms with E-state index in [-0.39, 0.29) is 11.2 Å². The molecule has 6 heteroatoms. The molecule has 4 nitrogen and oxygen atoms in total. The Bertz CT molecular complexity index is 718. The van der Waals surface area contributed by atoms with Gasteiger partial charge in [0.15, 0.2) is 0 Å². The maximum Gasteiger partial charge on any atom is 0.254 e. The average Bonchev–Trinajstić information content (AvgIpc) is 2.71. The maximum atomic E-state index is 12.2. The van der Waals surface area contributed by atoms with Crippen molar-refractivity contribution in [1.82, 2.24) is 0 Å². The highest BCUT2D eigenvalue weighted by atomic mass is 32.2. The molecule has 0 saturated heterocycles. The van der Waals surface area contributed by atoms with Crippen LogP contribution < -0.4 is 10.1 Å². The number of amides is 1. The molecule has 1 heterocycles. The number of rotatable bonds is 3. The van der Waals surface area contributed by atoms with E-state index >= 15 is 0 Å². The summed E-state index contributed by atoms with van der Waals surface area (Å²) < 4.78 is 5.16. The Morgan fingerprint density at radius 3 is 2.61 bits per heavy atom. The van der Waals surface area contributed by atoms with Gasteiger partial charge in [0.2, 0.25) is 0 Å². The monoisotopic (exact) mass is 347 g/mol. The Labute approximate surface area is 143 Å². The first kappa shape index (κ1) is 16.2. The average molecular weight is 347 g/mol. The summed E-state index contributed by atoms with van der Waals surface area (Å²) in [5, 5.41) is 12.9. The summed E-state index contributed by atoms with van der Waals surface area (Å²) in [6, 6.07) is 13.3. The summed E-state index contributed by atoms with van der Waals surface area (Å²) in [4.78, 5) is 14.3. The maximum absolute atomic E-state index is 12.2. The van der Waals surface area contributed by atoms with Gasteiger partial charge in [-0.15, -0.1) is 23.5 Å². The number of hydrogen-bond donors (Lipinski definition) is 2. The number of fused-ring (bicyclic) bond motifs is 1. The van der Waals surface area contributed by atoms with E-state index in [0.29, 0.717) is 0 Å². The highest BCUT2D eigenvalue weighted by molar-refractivity contribution is 8.00. The molecular weight excluding hydrogens is 330 g/mol. The molecule has 0 radical (unpaired) electrons. The van der Waals surface area contributed by atoms with Crippen LogP contribution in [0.2, 0.25) is 0 Å². The molecule has 0 saturated carbocycles. The quantitative estimate of drug-likeness (QED) is 0.832. The zero-order chi connectivity index (χ0) is 16.4. The number of hydrogen-bond acceptors (Lipinski definition) is 5. The highest BCUT2D eigenvalue weighted by Gasteiger charge is 2.32. The summed E-state index contributed by atoms with van der Waals surface area (Å²) in [6.45, 7) is 0. The van der Waals surface area contributed by atoms with Gasteiger partial charge >= 0.3 is 0 Å². The fraction of sp³-hybridized carbons (Fsp3) is 0.235. The molecule has 2 atom stereocenters. The first-order valence-corrected chi connectivity index (χ1v) is 9.20. The van der Waals surface area contributed by atoms with Crippen LogP contribution in [0, 0.1) is 0 Å². The molecular formula is C17H17NO3S2. The topological polar surface area (TPSA) is 58.6 Å². The van der Waals surface area contributed by atoms with Gasteiger partial charge < -0.3 is 15.2 Å². The summed E-state index contributed by atoms with van der Waals surface area (Å²) >= 11 is 3.15. The van der Waals surface area contributed by atoms with Gasteiger partial charge in [-0.25, -0.2) is 0 Å². The van der Waals surface area contributed by atoms with Crippen LogP contribution in [0.4, 0.5) is 5.69 Å². The minimum atomic E-state index is -1.11. The molecule has 3 rings (SSSR count). The molecule has 0 fully saturated rings. The van der Waals surface area contributed by atoms with Crippen molar-refractivity contribution in [2.45, 2.75) is 21.1 Å². The van der Waals surface area contributed by atoms with Gasteiger partial charge in [0.1, 0.15) is 11.9 Å². The molecule has 2 aromatic carbocycles. The number of carbonyl (C=O) groups excluding carboxylic acids is 1. The molecule has 120 valence electrons. The molecule has 1 aliphatic rings. The van der Waals surface area contributed by atoms with E-state index < -0.39 is 6.10 Å². The number of aliphatic hydroxyl groups excluding tert-OH is 1. The Kier molecular flexibility index (Phi) is 4.84. The van der Waals surface area contributed by atoms with Gasteiger partial charge in [0, 0.05) is 9.79 Å². The van der Waals surface area contributed by atoms with Gasteiger partial charge in [0.05, 0.1) is 18.0 Å². The van der Waals surface area contributed by atoms with Crippen molar-refractivity contribution in [3.63, 3.8) is 0 Å². The van der Waals surface area contributed by atoms with Crippen LogP contribution in [0.3, 0.4) is 0 Å². The fourth-order valence-electron chi connectivity index (χ4n) is 2.42. The van der Waals surface area contributed by atoms with Crippen molar-refractivity contribution in [1.29, 1.82) is 0 Å². The van der Waals surface area contributed by atoms with Gasteiger partial charge in [-0.1, -0.05) is 12.1 Å². The van der Waals surface area contributed by atoms with Crippen LogP contribution >= 0.6 is 23.5 Å². The van der Waals surface area contributed by atoms with Crippen molar-refractivity contribution in [3.05, 3.63) is 48.0 Å². The highest BCUT2D eigenvalue weighted by Crippen LogP contribution is 2.45. The molecule has 0 unspecified atom stereocenters. The van der Waals surface area contributed by atoms with Gasteiger partial charge in [-0.2, -0.15) is 0 Å². The zero-order valence-electron chi connectivity index (χ0n) is 12.8. The Hall–Kier alpha value is -1.63. The lowest BCUT2D eigenvalue weighted by atomic mass is 10.1. The second-order valence-corrected chi connectivity index (χ2v) is 7.17. The summed E-state index contributed by atoms with van der Waals surface area (Å²) in [7, 11) is 1.61. The lowest BCUT2D eigenvalue weighted by Crippen LogP contribution is -2.30. The van der Waals surface area contributed by atoms with E-state index in [0.717, 1.165) is 26.8 Å². The molecule has 0 aliphatic carbocycles. The van der Waals surface area contributed by atoms with E-state index in [4.69, 9.17) is 4.74 Å². The molecule has 23 heavy (non-hydrogen) atoms. The van der Waals surface area contributed by atoms with E-state index in [1.165, 1.54) is 11.8 Å². The molecule has 2 N–H and O–H groups in total. The number of methoxy groups -OCH3 is 1. The lowest BCUT2D eigenvalue weighted by molar-refractivity contribution is -0.124. The number of aliphatic hydroxyl groups is 1. The second-order valence-electron chi connectivity index (χ2n) is 5.11. The summed E-state index contributed by atoms with van der Waals surface area (Å²) in [6.07, 6.45) is 0.899. The molecule has 0 spiro atoms. The predicted octanol–water partition coefficient (Wildman–Crippen LogP) is 3.56. The first-order chi connectivity index (χ1) is 11.1. The summed E-state index contributed by atoms with van der Waals surface area (Å²) in [5.41, 5.74) is 1.63. The Morgan fingerprint density at radius 2 is 1.96 bits per heavy atom. The number of thioether (sulfide) groups is 2. The standard InChI is InChI=1S/C17H17NO3S2/c1-21-11-5-3-10(4-6-11)16-15(19)17(20)18-13-8-7-12(22-2)9-14(13)23-16/h3-9,15-16,19H,1-2H3,(H,18,20)/t15-,16+/m0/s1. The van der Waals surface area contributed by atoms with E-state index in [2.05, 4.69) is 5.32 Å². The van der Waals surface area contributed by atoms with Crippen molar-refractivity contribution in [2.24, 2.45) is 0 Å². The SMILES string of the molecule is COc1ccc([C@H]2Sc3cc(SC)ccc3NC(=O)[C@H]2O)cc1. The third-order valence-electron chi connectivity index (χ3n) is 3.70. The van der Waals surface area contributed by atoms with Crippen LogP contribution in [0.1, 0.15) is 10.8 Å². The van der Waals surface area contributed by atoms with Crippen LogP contribution in [0.15, 0.2) is 52.3 Å². The lowest BCUT2D eigenvalue weighted by Gasteiger charge is -2.19. The third-order valence-corrected chi connectivity index (χ3v) is 5.80. The number of anilines is 1. The van der Waals surface area contributed by atoms with E-state index in [1.54, 1.807) is 18.9 Å². The minimum Gasteiger partial charge on any atom is -0.497 e. The fourth-order valence-corrected chi connectivity index (χ4v) is 4.19. The van der Waals surface area contributed by atoms with Crippen molar-refractivity contribution in [3.8, 4) is 5.75 Å². The van der Waals surface area contributed by atoms with Gasteiger partial charge in [-0.05, 0) is 42.2 Å². The zero-order valence-corrected chi connectivity index (χ0v) is 14.4. The number of nitrogens with one attached hydrogen (secondary N) is 1. The van der Waals surface area contributed by atoms with E-state index in [9.17, 15) is 9.90 Å². The molecule has 0 aromatic heterocycles. The van der Waals surface area contributed by atoms with Gasteiger partial charge in [0.25, 0.3) is 5.91 Å². The largest absolute Gasteiger partial charge is 0.497 e. The van der Waals surface area contributed by atoms with Crippen LogP contribution in [0.5, 0.6) is 5.75 Å². The molecule has 0 bridgehead atoms. The second kappa shape index (κ2) is 6.86. The molecule has 2 aromatic rings. The van der Waals surface area contributed by atoms with Crippen LogP contribution in [-0.2, 0) is 4.79 Å². The number of benzene rings is 2.